The number of carboxylic acid groups (broad SMARTS) is 1. The lowest BCUT2D eigenvalue weighted by Gasteiger charge is -2.38. The van der Waals surface area contributed by atoms with E-state index in [-0.39, 0.29) is 17.5 Å². The fraction of sp³-hybridized carbons (Fsp3) is 0.467. The van der Waals surface area contributed by atoms with E-state index in [1.54, 1.807) is 12.1 Å². The van der Waals surface area contributed by atoms with Crippen LogP contribution < -0.4 is 0 Å². The maximum Gasteiger partial charge on any atom is 0.335 e. The Balaban J connectivity index is 2.23. The highest BCUT2D eigenvalue weighted by Gasteiger charge is 2.29. The molecule has 1 saturated heterocycles. The van der Waals surface area contributed by atoms with Gasteiger partial charge in [0, 0.05) is 18.2 Å². The Hall–Kier alpha value is -1.84. The third-order valence-corrected chi connectivity index (χ3v) is 3.99. The third-order valence-electron chi connectivity index (χ3n) is 3.99. The van der Waals surface area contributed by atoms with Crippen molar-refractivity contribution in [1.82, 2.24) is 4.90 Å². The Bertz CT molecular complexity index is 498. The van der Waals surface area contributed by atoms with Crippen LogP contribution in [0.4, 0.5) is 0 Å². The Morgan fingerprint density at radius 2 is 1.95 bits per heavy atom. The van der Waals surface area contributed by atoms with Crippen molar-refractivity contribution >= 4 is 11.9 Å². The lowest BCUT2D eigenvalue weighted by Crippen LogP contribution is -2.46. The van der Waals surface area contributed by atoms with Crippen molar-refractivity contribution in [3.05, 3.63) is 35.4 Å². The van der Waals surface area contributed by atoms with Gasteiger partial charge in [0.2, 0.25) is 0 Å². The van der Waals surface area contributed by atoms with Crippen molar-refractivity contribution in [2.45, 2.75) is 32.7 Å². The number of nitrogens with zero attached hydrogens (tertiary/aromatic N) is 1. The molecule has 19 heavy (non-hydrogen) atoms. The highest BCUT2D eigenvalue weighted by atomic mass is 16.4. The topological polar surface area (TPSA) is 57.6 Å². The quantitative estimate of drug-likeness (QED) is 0.890. The number of carboxylic acids is 1. The molecule has 0 aromatic heterocycles. The van der Waals surface area contributed by atoms with E-state index in [0.29, 0.717) is 11.5 Å². The van der Waals surface area contributed by atoms with Crippen molar-refractivity contribution in [1.29, 1.82) is 0 Å². The summed E-state index contributed by atoms with van der Waals surface area (Å²) in [6, 6.07) is 6.46. The number of carbonyl (C=O) groups excluding carboxylic acids is 1. The predicted octanol–water partition coefficient (Wildman–Crippen LogP) is 2.65. The average Bonchev–Trinajstić information content (AvgIpc) is 2.41. The van der Waals surface area contributed by atoms with Crippen molar-refractivity contribution in [3.8, 4) is 0 Å². The number of amides is 1. The molecule has 0 radical (unpaired) electrons. The Morgan fingerprint density at radius 3 is 2.63 bits per heavy atom. The molecule has 1 fully saturated rings. The summed E-state index contributed by atoms with van der Waals surface area (Å²) in [6.07, 6.45) is 2.15. The molecule has 2 atom stereocenters. The molecule has 4 nitrogen and oxygen atoms in total. The van der Waals surface area contributed by atoms with E-state index in [1.165, 1.54) is 12.1 Å². The Labute approximate surface area is 113 Å². The molecule has 0 saturated carbocycles. The lowest BCUT2D eigenvalue weighted by molar-refractivity contribution is 0.0551. The predicted molar refractivity (Wildman–Crippen MR) is 72.3 cm³/mol. The summed E-state index contributed by atoms with van der Waals surface area (Å²) in [4.78, 5) is 25.3. The second-order valence-corrected chi connectivity index (χ2v) is 5.24. The number of piperidine rings is 1. The van der Waals surface area contributed by atoms with Gasteiger partial charge in [0.05, 0.1) is 5.56 Å². The Morgan fingerprint density at radius 1 is 1.26 bits per heavy atom. The van der Waals surface area contributed by atoms with Crippen LogP contribution in [0.5, 0.6) is 0 Å². The smallest absolute Gasteiger partial charge is 0.335 e. The molecule has 0 aliphatic carbocycles. The monoisotopic (exact) mass is 261 g/mol. The molecule has 0 spiro atoms. The summed E-state index contributed by atoms with van der Waals surface area (Å²) in [7, 11) is 0. The Kier molecular flexibility index (Phi) is 3.88. The summed E-state index contributed by atoms with van der Waals surface area (Å²) in [5.74, 6) is -0.586. The summed E-state index contributed by atoms with van der Waals surface area (Å²) < 4.78 is 0. The van der Waals surface area contributed by atoms with Gasteiger partial charge in [-0.2, -0.15) is 0 Å². The van der Waals surface area contributed by atoms with Gasteiger partial charge in [-0.05, 0) is 43.9 Å². The molecule has 1 aliphatic heterocycles. The fourth-order valence-electron chi connectivity index (χ4n) is 2.57. The van der Waals surface area contributed by atoms with E-state index in [0.717, 1.165) is 19.4 Å². The fourth-order valence-corrected chi connectivity index (χ4v) is 2.57. The third kappa shape index (κ3) is 2.78. The van der Waals surface area contributed by atoms with Crippen molar-refractivity contribution < 1.29 is 14.7 Å². The molecule has 102 valence electrons. The molecule has 2 unspecified atom stereocenters. The maximum atomic E-state index is 12.5. The van der Waals surface area contributed by atoms with Crippen molar-refractivity contribution in [3.63, 3.8) is 0 Å². The molecule has 1 aromatic rings. The normalized spacial score (nSPS) is 23.2. The van der Waals surface area contributed by atoms with Crippen molar-refractivity contribution in [2.75, 3.05) is 6.54 Å². The zero-order chi connectivity index (χ0) is 14.0. The van der Waals surface area contributed by atoms with Gasteiger partial charge in [0.15, 0.2) is 0 Å². The second kappa shape index (κ2) is 5.43. The number of hydrogen-bond acceptors (Lipinski definition) is 2. The number of hydrogen-bond donors (Lipinski definition) is 1. The minimum absolute atomic E-state index is 0.0675. The van der Waals surface area contributed by atoms with Crippen LogP contribution in [-0.4, -0.2) is 34.5 Å². The molecule has 1 amide bonds. The van der Waals surface area contributed by atoms with Gasteiger partial charge < -0.3 is 10.0 Å². The first-order valence-electron chi connectivity index (χ1n) is 6.65. The first kappa shape index (κ1) is 13.6. The highest BCUT2D eigenvalue weighted by molar-refractivity contribution is 5.97. The van der Waals surface area contributed by atoms with Gasteiger partial charge in [0.25, 0.3) is 5.91 Å². The summed E-state index contributed by atoms with van der Waals surface area (Å²) in [6.45, 7) is 4.96. The van der Waals surface area contributed by atoms with Crippen LogP contribution in [0.3, 0.4) is 0 Å². The highest BCUT2D eigenvalue weighted by Crippen LogP contribution is 2.24. The van der Waals surface area contributed by atoms with Gasteiger partial charge in [-0.3, -0.25) is 4.79 Å². The summed E-state index contributed by atoms with van der Waals surface area (Å²) >= 11 is 0. The molecule has 2 rings (SSSR count). The first-order valence-corrected chi connectivity index (χ1v) is 6.65. The van der Waals surface area contributed by atoms with Gasteiger partial charge in [0.1, 0.15) is 0 Å². The molecule has 4 heteroatoms. The summed E-state index contributed by atoms with van der Waals surface area (Å²) in [5.41, 5.74) is 0.615. The number of aromatic carboxylic acids is 1. The molecule has 0 bridgehead atoms. The van der Waals surface area contributed by atoms with Gasteiger partial charge in [-0.25, -0.2) is 4.79 Å². The number of likely N-dealkylation sites (tertiary alicyclic amines) is 1. The van der Waals surface area contributed by atoms with Crippen LogP contribution in [0, 0.1) is 5.92 Å². The van der Waals surface area contributed by atoms with Crippen LogP contribution >= 0.6 is 0 Å². The SMILES string of the molecule is CC1CCCN(C(=O)c2cccc(C(=O)O)c2)C1C. The van der Waals surface area contributed by atoms with E-state index in [9.17, 15) is 9.59 Å². The van der Waals surface area contributed by atoms with E-state index >= 15 is 0 Å². The minimum Gasteiger partial charge on any atom is -0.478 e. The lowest BCUT2D eigenvalue weighted by atomic mass is 9.91. The number of rotatable bonds is 2. The average molecular weight is 261 g/mol. The van der Waals surface area contributed by atoms with Crippen LogP contribution in [-0.2, 0) is 0 Å². The van der Waals surface area contributed by atoms with Gasteiger partial charge >= 0.3 is 5.97 Å². The molecule has 1 N–H and O–H groups in total. The zero-order valence-corrected chi connectivity index (χ0v) is 11.3. The van der Waals surface area contributed by atoms with Crippen LogP contribution in [0.15, 0.2) is 24.3 Å². The standard InChI is InChI=1S/C15H19NO3/c1-10-5-4-8-16(11(10)2)14(17)12-6-3-7-13(9-12)15(18)19/h3,6-7,9-11H,4-5,8H2,1-2H3,(H,18,19). The van der Waals surface area contributed by atoms with Crippen molar-refractivity contribution in [2.24, 2.45) is 5.92 Å². The maximum absolute atomic E-state index is 12.5. The van der Waals surface area contributed by atoms with E-state index < -0.39 is 5.97 Å². The van der Waals surface area contributed by atoms with Crippen LogP contribution in [0.2, 0.25) is 0 Å². The van der Waals surface area contributed by atoms with Gasteiger partial charge in [-0.1, -0.05) is 13.0 Å². The van der Waals surface area contributed by atoms with E-state index in [4.69, 9.17) is 5.11 Å². The summed E-state index contributed by atoms with van der Waals surface area (Å²) in [5, 5.41) is 8.97. The number of benzene rings is 1. The van der Waals surface area contributed by atoms with Gasteiger partial charge in [-0.15, -0.1) is 0 Å². The van der Waals surface area contributed by atoms with E-state index in [1.807, 2.05) is 4.90 Å². The molecular formula is C15H19NO3. The molecule has 1 aromatic carbocycles. The molecule has 1 heterocycles. The second-order valence-electron chi connectivity index (χ2n) is 5.24. The molecule has 1 aliphatic rings. The molecular weight excluding hydrogens is 242 g/mol. The van der Waals surface area contributed by atoms with Crippen LogP contribution in [0.1, 0.15) is 47.4 Å². The number of carbonyl (C=O) groups is 2. The van der Waals surface area contributed by atoms with Crippen LogP contribution in [0.25, 0.3) is 0 Å². The zero-order valence-electron chi connectivity index (χ0n) is 11.3. The first-order chi connectivity index (χ1) is 9.00. The minimum atomic E-state index is -1.00. The largest absolute Gasteiger partial charge is 0.478 e. The van der Waals surface area contributed by atoms with E-state index in [2.05, 4.69) is 13.8 Å².